The molecule has 0 heterocycles. The number of amides is 4. The number of aliphatic hydroxyl groups is 2. The zero-order chi connectivity index (χ0) is 76.1. The summed E-state index contributed by atoms with van der Waals surface area (Å²) in [7, 11) is -9.61. The Hall–Kier alpha value is -1.64. The van der Waals surface area contributed by atoms with Gasteiger partial charge in [-0.2, -0.15) is 0 Å². The SMILES string of the molecule is CCCCCC/C=C/CCCC(=O)O[C@H](CCCCCCC)CC(=O)NC(COCC[C@H](O)CCCCCCC)COP(=O)(O)OCCNC(=O)CC(=O)NCCOP(=O)(O)OCC(COCC[C@H](O)CCCCCCC)NC(=O)C[C@@H](CCCCCCC)OC(=O)CCC/C=C/CCCCCC.[H-].[H-].[Na+].[Na+]. The van der Waals surface area contributed by atoms with Crippen molar-refractivity contribution in [3.63, 3.8) is 0 Å². The zero-order valence-corrected chi connectivity index (χ0v) is 72.7. The van der Waals surface area contributed by atoms with Gasteiger partial charge in [0.15, 0.2) is 0 Å². The van der Waals surface area contributed by atoms with E-state index in [1.807, 2.05) is 0 Å². The van der Waals surface area contributed by atoms with E-state index in [0.29, 0.717) is 51.4 Å². The molecule has 0 aliphatic carbocycles. The van der Waals surface area contributed by atoms with Crippen molar-refractivity contribution in [2.75, 3.05) is 65.9 Å². The van der Waals surface area contributed by atoms with Crippen molar-refractivity contribution < 1.29 is 157 Å². The predicted octanol–water partition coefficient (Wildman–Crippen LogP) is 10.1. The molecule has 0 aliphatic rings. The summed E-state index contributed by atoms with van der Waals surface area (Å²) in [6, 6.07) is -1.92. The van der Waals surface area contributed by atoms with Crippen LogP contribution in [-0.4, -0.2) is 158 Å². The van der Waals surface area contributed by atoms with E-state index in [1.165, 1.54) is 38.5 Å². The number of allylic oxidation sites excluding steroid dienone is 4. The maximum absolute atomic E-state index is 13.7. The number of nitrogens with one attached hydrogen (secondary N) is 4. The largest absolute Gasteiger partial charge is 1.00 e. The van der Waals surface area contributed by atoms with Crippen molar-refractivity contribution in [1.82, 2.24) is 21.3 Å². The quantitative estimate of drug-likeness (QED) is 0.00701. The van der Waals surface area contributed by atoms with Crippen molar-refractivity contribution in [2.45, 2.75) is 367 Å². The summed E-state index contributed by atoms with van der Waals surface area (Å²) in [5.74, 6) is -3.31. The van der Waals surface area contributed by atoms with Crippen LogP contribution in [0.4, 0.5) is 0 Å². The average Bonchev–Trinajstić information content (AvgIpc) is 0.908. The first-order valence-corrected chi connectivity index (χ1v) is 43.3. The maximum atomic E-state index is 13.7. The molecule has 8 atom stereocenters. The van der Waals surface area contributed by atoms with Gasteiger partial charge in [0.25, 0.3) is 0 Å². The molecular formula is C77H148N4Na2O20P2. The molecule has 0 rings (SSSR count). The summed E-state index contributed by atoms with van der Waals surface area (Å²) in [5.41, 5.74) is 0. The minimum Gasteiger partial charge on any atom is -1.00 e. The average molecular weight is 1560 g/mol. The monoisotopic (exact) mass is 1560 g/mol. The van der Waals surface area contributed by atoms with Gasteiger partial charge in [-0.05, 0) is 103 Å². The first kappa shape index (κ1) is 108. The molecule has 0 aromatic carbocycles. The van der Waals surface area contributed by atoms with E-state index in [-0.39, 0.29) is 139 Å². The molecule has 28 heteroatoms. The summed E-state index contributed by atoms with van der Waals surface area (Å²) in [6.45, 7) is 10.2. The van der Waals surface area contributed by atoms with Gasteiger partial charge in [-0.3, -0.25) is 46.9 Å². The minimum atomic E-state index is -4.81. The molecule has 105 heavy (non-hydrogen) atoms. The molecule has 0 spiro atoms. The standard InChI is InChI=1S/C77H146N4O20P2.2Na.2H/c1-7-13-19-25-27-29-31-37-43-49-76(88)100-70(47-41-35-23-17-11-5)59-74(86)80-66(62-94-55-51-68(82)45-39-33-21-15-9-3)64-98-102(90,91)96-57-53-78-72(84)61-73(85)79-54-58-97-103(92,93)99-65-67(63-95-56-52-69(83)46-40-34-22-16-10-4)81-75(87)60-71(48-42-36-24-18-12-6)101-77(89)50-44-38-32-30-28-26-20-14-8-2;;;;/h29-32,66-71,82-83H,7-28,33-65H2,1-6H3,(H,78,84)(H,79,85)(H,80,86)(H,81,87)(H,90,91)(H,92,93);;;;/q;2*+1;2*-1/b31-29+,32-30+;;;;/t66?,67?,68-,69-,70-,71-;;;;/m1..../s1. The normalized spacial score (nSPS) is 14.4. The van der Waals surface area contributed by atoms with Crippen molar-refractivity contribution in [3.05, 3.63) is 24.3 Å². The van der Waals surface area contributed by atoms with E-state index in [9.17, 15) is 57.9 Å². The Labute approximate surface area is 681 Å². The molecule has 8 N–H and O–H groups in total. The Morgan fingerprint density at radius 2 is 0.676 bits per heavy atom. The smallest absolute Gasteiger partial charge is 1.00 e. The van der Waals surface area contributed by atoms with Crippen LogP contribution in [0.3, 0.4) is 0 Å². The van der Waals surface area contributed by atoms with Gasteiger partial charge in [0.2, 0.25) is 23.6 Å². The van der Waals surface area contributed by atoms with Crippen LogP contribution in [0.1, 0.15) is 333 Å². The van der Waals surface area contributed by atoms with Gasteiger partial charge in [-0.1, -0.05) is 220 Å². The van der Waals surface area contributed by atoms with Gasteiger partial charge in [0.05, 0.1) is 76.8 Å². The fourth-order valence-corrected chi connectivity index (χ4v) is 12.8. The number of unbranched alkanes of at least 4 members (excludes halogenated alkanes) is 26. The minimum absolute atomic E-state index is 0. The molecule has 4 amide bonds. The second-order valence-electron chi connectivity index (χ2n) is 27.5. The Kier molecular flexibility index (Phi) is 78.2. The number of rotatable bonds is 76. The van der Waals surface area contributed by atoms with Gasteiger partial charge in [0, 0.05) is 39.1 Å². The first-order chi connectivity index (χ1) is 49.7. The third kappa shape index (κ3) is 73.6. The van der Waals surface area contributed by atoms with Crippen LogP contribution in [-0.2, 0) is 74.9 Å². The van der Waals surface area contributed by atoms with Crippen molar-refractivity contribution in [3.8, 4) is 0 Å². The molecule has 4 unspecified atom stereocenters. The molecule has 0 aromatic heterocycles. The van der Waals surface area contributed by atoms with Crippen molar-refractivity contribution in [1.29, 1.82) is 0 Å². The number of phosphoric ester groups is 2. The Morgan fingerprint density at radius 3 is 1.01 bits per heavy atom. The number of carbonyl (C=O) groups is 6. The van der Waals surface area contributed by atoms with E-state index >= 15 is 0 Å². The van der Waals surface area contributed by atoms with Crippen LogP contribution in [0, 0.1) is 0 Å². The molecule has 0 radical (unpaired) electrons. The number of carbonyl (C=O) groups excluding carboxylic acids is 6. The van der Waals surface area contributed by atoms with Gasteiger partial charge < -0.3 is 63.1 Å². The Bertz CT molecular complexity index is 2130. The van der Waals surface area contributed by atoms with Crippen LogP contribution in [0.2, 0.25) is 0 Å². The fourth-order valence-electron chi connectivity index (χ4n) is 11.2. The van der Waals surface area contributed by atoms with E-state index in [2.05, 4.69) is 87.1 Å². The van der Waals surface area contributed by atoms with Crippen LogP contribution in [0.15, 0.2) is 24.3 Å². The van der Waals surface area contributed by atoms with Crippen LogP contribution < -0.4 is 80.4 Å². The molecule has 608 valence electrons. The molecular weight excluding hydrogens is 1410 g/mol. The number of phosphoric acid groups is 2. The Morgan fingerprint density at radius 1 is 0.371 bits per heavy atom. The number of hydrogen-bond donors (Lipinski definition) is 8. The van der Waals surface area contributed by atoms with Crippen LogP contribution in [0.5, 0.6) is 0 Å². The summed E-state index contributed by atoms with van der Waals surface area (Å²) in [6.07, 6.45) is 42.6. The van der Waals surface area contributed by atoms with Gasteiger partial charge >= 0.3 is 86.7 Å². The van der Waals surface area contributed by atoms with E-state index in [0.717, 1.165) is 167 Å². The second kappa shape index (κ2) is 76.4. The summed E-state index contributed by atoms with van der Waals surface area (Å²) in [4.78, 5) is 100. The van der Waals surface area contributed by atoms with Crippen molar-refractivity contribution >= 4 is 51.2 Å². The number of hydrogen-bond acceptors (Lipinski definition) is 18. The molecule has 0 aliphatic heterocycles. The summed E-state index contributed by atoms with van der Waals surface area (Å²) < 4.78 is 70.5. The van der Waals surface area contributed by atoms with E-state index in [1.54, 1.807) is 0 Å². The van der Waals surface area contributed by atoms with Gasteiger partial charge in [0.1, 0.15) is 18.6 Å². The number of esters is 2. The molecule has 0 saturated carbocycles. The summed E-state index contributed by atoms with van der Waals surface area (Å²) >= 11 is 0. The molecule has 0 fully saturated rings. The fraction of sp³-hybridized carbons (Fsp3) is 0.870. The predicted molar refractivity (Wildman–Crippen MR) is 409 cm³/mol. The van der Waals surface area contributed by atoms with E-state index < -0.39 is 109 Å². The van der Waals surface area contributed by atoms with Crippen LogP contribution in [0.25, 0.3) is 0 Å². The Balaban J connectivity index is -0.00000867. The first-order valence-electron chi connectivity index (χ1n) is 40.3. The molecule has 0 aromatic rings. The van der Waals surface area contributed by atoms with Gasteiger partial charge in [-0.15, -0.1) is 0 Å². The maximum Gasteiger partial charge on any atom is 1.00 e. The topological polar surface area (TPSA) is 339 Å². The second-order valence-corrected chi connectivity index (χ2v) is 30.4. The summed E-state index contributed by atoms with van der Waals surface area (Å²) in [5, 5.41) is 31.6. The van der Waals surface area contributed by atoms with Crippen molar-refractivity contribution in [2.24, 2.45) is 0 Å². The molecule has 0 bridgehead atoms. The number of ether oxygens (including phenoxy) is 4. The number of aliphatic hydroxyl groups excluding tert-OH is 2. The van der Waals surface area contributed by atoms with Crippen LogP contribution >= 0.6 is 15.6 Å². The molecule has 0 saturated heterocycles. The zero-order valence-electron chi connectivity index (χ0n) is 68.9. The molecule has 24 nitrogen and oxygen atoms in total. The van der Waals surface area contributed by atoms with E-state index in [4.69, 9.17) is 37.0 Å². The third-order valence-corrected chi connectivity index (χ3v) is 19.3. The van der Waals surface area contributed by atoms with Gasteiger partial charge in [-0.25, -0.2) is 9.13 Å². The third-order valence-electron chi connectivity index (χ3n) is 17.4.